The van der Waals surface area contributed by atoms with Gasteiger partial charge in [-0.3, -0.25) is 14.5 Å². The van der Waals surface area contributed by atoms with Gasteiger partial charge in [-0.15, -0.1) is 11.3 Å². The number of amides is 2. The van der Waals surface area contributed by atoms with Crippen LogP contribution in [0.15, 0.2) is 41.8 Å². The number of thiazole rings is 1. The van der Waals surface area contributed by atoms with Crippen molar-refractivity contribution in [2.75, 3.05) is 30.5 Å². The number of nitrogens with one attached hydrogen (secondary N) is 1. The van der Waals surface area contributed by atoms with Gasteiger partial charge in [0, 0.05) is 30.2 Å². The number of aromatic nitrogens is 1. The van der Waals surface area contributed by atoms with Crippen LogP contribution in [0.5, 0.6) is 5.75 Å². The van der Waals surface area contributed by atoms with Crippen LogP contribution in [0.3, 0.4) is 0 Å². The van der Waals surface area contributed by atoms with Crippen LogP contribution in [0.4, 0.5) is 11.4 Å². The highest BCUT2D eigenvalue weighted by atomic mass is 32.1. The molecule has 1 N–H and O–H groups in total. The van der Waals surface area contributed by atoms with Gasteiger partial charge in [0.05, 0.1) is 23.0 Å². The Kier molecular flexibility index (Phi) is 7.29. The Bertz CT molecular complexity index is 1210. The Morgan fingerprint density at radius 3 is 2.91 bits per heavy atom. The molecule has 7 nitrogen and oxygen atoms in total. The van der Waals surface area contributed by atoms with Gasteiger partial charge in [0.1, 0.15) is 11.8 Å². The van der Waals surface area contributed by atoms with Crippen molar-refractivity contribution in [1.82, 2.24) is 4.98 Å². The molecule has 1 aliphatic heterocycles. The number of ether oxygens (including phenoxy) is 2. The molecule has 2 amide bonds. The van der Waals surface area contributed by atoms with E-state index in [1.165, 1.54) is 4.90 Å². The van der Waals surface area contributed by atoms with Crippen molar-refractivity contribution in [3.63, 3.8) is 0 Å². The van der Waals surface area contributed by atoms with Crippen molar-refractivity contribution in [3.05, 3.63) is 57.9 Å². The second-order valence-corrected chi connectivity index (χ2v) is 9.17. The van der Waals surface area contributed by atoms with Gasteiger partial charge in [-0.1, -0.05) is 25.1 Å². The molecule has 2 aromatic carbocycles. The van der Waals surface area contributed by atoms with Crippen molar-refractivity contribution >= 4 is 34.5 Å². The van der Waals surface area contributed by atoms with Gasteiger partial charge >= 0.3 is 0 Å². The van der Waals surface area contributed by atoms with E-state index < -0.39 is 6.04 Å². The number of rotatable bonds is 8. The Morgan fingerprint density at radius 2 is 2.15 bits per heavy atom. The molecule has 34 heavy (non-hydrogen) atoms. The Labute approximate surface area is 203 Å². The fourth-order valence-corrected chi connectivity index (χ4v) is 4.84. The fraction of sp³-hybridized carbons (Fsp3) is 0.346. The first kappa shape index (κ1) is 23.9. The number of methoxy groups -OCH3 is 1. The highest BCUT2D eigenvalue weighted by Gasteiger charge is 2.34. The summed E-state index contributed by atoms with van der Waals surface area (Å²) in [7, 11) is 1.67. The minimum atomic E-state index is -0.720. The molecule has 0 bridgehead atoms. The number of hydrogen-bond donors (Lipinski definition) is 1. The van der Waals surface area contributed by atoms with Crippen LogP contribution in [0.25, 0.3) is 11.3 Å². The highest BCUT2D eigenvalue weighted by molar-refractivity contribution is 7.09. The molecule has 1 unspecified atom stereocenters. The average Bonchev–Trinajstić information content (AvgIpc) is 3.32. The van der Waals surface area contributed by atoms with Gasteiger partial charge in [-0.05, 0) is 49.6 Å². The number of hydrogen-bond acceptors (Lipinski definition) is 6. The molecule has 1 aromatic heterocycles. The molecule has 1 atom stereocenters. The average molecular weight is 480 g/mol. The van der Waals surface area contributed by atoms with Gasteiger partial charge in [0.25, 0.3) is 5.91 Å². The first-order chi connectivity index (χ1) is 16.4. The molecular weight excluding hydrogens is 450 g/mol. The molecule has 0 fully saturated rings. The van der Waals surface area contributed by atoms with Crippen LogP contribution in [-0.4, -0.2) is 43.2 Å². The van der Waals surface area contributed by atoms with E-state index in [0.29, 0.717) is 18.0 Å². The lowest BCUT2D eigenvalue weighted by molar-refractivity contribution is -0.125. The fourth-order valence-electron chi connectivity index (χ4n) is 4.05. The molecule has 0 saturated carbocycles. The first-order valence-corrected chi connectivity index (χ1v) is 12.2. The SMILES string of the molecule is CCc1cccc(C)c1NC(=O)C(C)N1C(=O)COc2ccc(-c3csc(CCOC)n3)cc21. The third kappa shape index (κ3) is 4.83. The lowest BCUT2D eigenvalue weighted by atomic mass is 10.0. The quantitative estimate of drug-likeness (QED) is 0.510. The smallest absolute Gasteiger partial charge is 0.265 e. The van der Waals surface area contributed by atoms with Gasteiger partial charge in [-0.2, -0.15) is 0 Å². The second-order valence-electron chi connectivity index (χ2n) is 8.23. The van der Waals surface area contributed by atoms with E-state index in [1.54, 1.807) is 25.4 Å². The lowest BCUT2D eigenvalue weighted by Gasteiger charge is -2.33. The summed E-state index contributed by atoms with van der Waals surface area (Å²) in [5.41, 5.74) is 5.11. The molecular formula is C26H29N3O4S. The van der Waals surface area contributed by atoms with Crippen molar-refractivity contribution < 1.29 is 19.1 Å². The summed E-state index contributed by atoms with van der Waals surface area (Å²) in [6.07, 6.45) is 1.55. The number of benzene rings is 2. The Hall–Kier alpha value is -3.23. The predicted octanol–water partition coefficient (Wildman–Crippen LogP) is 4.62. The molecule has 178 valence electrons. The van der Waals surface area contributed by atoms with E-state index in [1.807, 2.05) is 48.7 Å². The summed E-state index contributed by atoms with van der Waals surface area (Å²) < 4.78 is 10.8. The summed E-state index contributed by atoms with van der Waals surface area (Å²) >= 11 is 1.57. The van der Waals surface area contributed by atoms with E-state index in [9.17, 15) is 9.59 Å². The van der Waals surface area contributed by atoms with E-state index in [-0.39, 0.29) is 18.4 Å². The zero-order chi connectivity index (χ0) is 24.2. The lowest BCUT2D eigenvalue weighted by Crippen LogP contribution is -2.49. The van der Waals surface area contributed by atoms with Gasteiger partial charge in [-0.25, -0.2) is 4.98 Å². The van der Waals surface area contributed by atoms with E-state index in [0.717, 1.165) is 45.9 Å². The number of anilines is 2. The normalized spacial score (nSPS) is 13.9. The maximum absolute atomic E-state index is 13.3. The maximum Gasteiger partial charge on any atom is 0.265 e. The molecule has 8 heteroatoms. The van der Waals surface area contributed by atoms with Crippen LogP contribution in [-0.2, 0) is 27.2 Å². The second kappa shape index (κ2) is 10.4. The summed E-state index contributed by atoms with van der Waals surface area (Å²) in [6, 6.07) is 10.9. The number of carbonyl (C=O) groups is 2. The molecule has 1 aliphatic rings. The minimum absolute atomic E-state index is 0.105. The summed E-state index contributed by atoms with van der Waals surface area (Å²) in [6.45, 7) is 6.27. The molecule has 0 saturated heterocycles. The van der Waals surface area contributed by atoms with E-state index >= 15 is 0 Å². The monoisotopic (exact) mass is 479 g/mol. The number of carbonyl (C=O) groups excluding carboxylic acids is 2. The first-order valence-electron chi connectivity index (χ1n) is 11.3. The highest BCUT2D eigenvalue weighted by Crippen LogP contribution is 2.37. The number of aryl methyl sites for hydroxylation is 2. The van der Waals surface area contributed by atoms with Crippen LogP contribution in [0.2, 0.25) is 0 Å². The van der Waals surface area contributed by atoms with Crippen molar-refractivity contribution in [1.29, 1.82) is 0 Å². The zero-order valence-corrected chi connectivity index (χ0v) is 20.7. The molecule has 2 heterocycles. The van der Waals surface area contributed by atoms with Gasteiger partial charge in [0.2, 0.25) is 5.91 Å². The van der Waals surface area contributed by atoms with E-state index in [4.69, 9.17) is 14.5 Å². The van der Waals surface area contributed by atoms with Crippen LogP contribution in [0.1, 0.15) is 30.0 Å². The summed E-state index contributed by atoms with van der Waals surface area (Å²) in [5, 5.41) is 6.02. The van der Waals surface area contributed by atoms with Crippen LogP contribution in [0, 0.1) is 6.92 Å². The third-order valence-electron chi connectivity index (χ3n) is 5.96. The number of fused-ring (bicyclic) bond motifs is 1. The number of nitrogens with zero attached hydrogens (tertiary/aromatic N) is 2. The van der Waals surface area contributed by atoms with Gasteiger partial charge < -0.3 is 14.8 Å². The molecule has 0 radical (unpaired) electrons. The molecule has 4 rings (SSSR count). The van der Waals surface area contributed by atoms with Crippen LogP contribution < -0.4 is 15.0 Å². The van der Waals surface area contributed by atoms with Crippen molar-refractivity contribution in [3.8, 4) is 17.0 Å². The predicted molar refractivity (Wildman–Crippen MR) is 135 cm³/mol. The molecule has 0 aliphatic carbocycles. The third-order valence-corrected chi connectivity index (χ3v) is 6.87. The van der Waals surface area contributed by atoms with Gasteiger partial charge in [0.15, 0.2) is 6.61 Å². The summed E-state index contributed by atoms with van der Waals surface area (Å²) in [4.78, 5) is 32.4. The standard InChI is InChI=1S/C26H29N3O4S/c1-5-18-8-6-7-16(2)25(18)28-26(31)17(3)29-21-13-19(9-10-22(21)33-14-24(29)30)20-15-34-23(27-20)11-12-32-4/h6-10,13,15,17H,5,11-12,14H2,1-4H3,(H,28,31). The zero-order valence-electron chi connectivity index (χ0n) is 19.9. The van der Waals surface area contributed by atoms with Crippen molar-refractivity contribution in [2.45, 2.75) is 39.7 Å². The number of para-hydroxylation sites is 1. The summed E-state index contributed by atoms with van der Waals surface area (Å²) in [5.74, 6) is 0.0703. The molecule has 3 aromatic rings. The topological polar surface area (TPSA) is 80.8 Å². The molecule has 0 spiro atoms. The van der Waals surface area contributed by atoms with E-state index in [2.05, 4.69) is 12.2 Å². The minimum Gasteiger partial charge on any atom is -0.482 e. The largest absolute Gasteiger partial charge is 0.482 e. The van der Waals surface area contributed by atoms with Crippen molar-refractivity contribution in [2.24, 2.45) is 0 Å². The Morgan fingerprint density at radius 1 is 1.32 bits per heavy atom. The maximum atomic E-state index is 13.3. The van der Waals surface area contributed by atoms with Crippen LogP contribution >= 0.6 is 11.3 Å². The Balaban J connectivity index is 1.62.